The number of methoxy groups -OCH3 is 1. The molecule has 0 saturated carbocycles. The van der Waals surface area contributed by atoms with Crippen LogP contribution in [0.2, 0.25) is 5.02 Å². The Hall–Kier alpha value is -0.940. The number of hydrogen-bond acceptors (Lipinski definition) is 2. The number of hydrogen-bond donors (Lipinski definition) is 1. The summed E-state index contributed by atoms with van der Waals surface area (Å²) in [7, 11) is 1.41. The summed E-state index contributed by atoms with van der Waals surface area (Å²) in [5.41, 5.74) is 0.0850. The van der Waals surface area contributed by atoms with E-state index >= 15 is 0 Å². The molecule has 0 aliphatic rings. The molecule has 0 aliphatic heterocycles. The minimum absolute atomic E-state index is 0.0850. The minimum Gasteiger partial charge on any atom is -0.495 e. The third-order valence-electron chi connectivity index (χ3n) is 2.43. The van der Waals surface area contributed by atoms with Gasteiger partial charge in [-0.2, -0.15) is 13.2 Å². The zero-order valence-corrected chi connectivity index (χ0v) is 10.9. The molecular formula is C12H15ClF3NO. The molecule has 6 heteroatoms. The van der Waals surface area contributed by atoms with Gasteiger partial charge in [0.2, 0.25) is 0 Å². The average Bonchev–Trinajstić information content (AvgIpc) is 2.28. The molecule has 0 saturated heterocycles. The maximum atomic E-state index is 12.9. The SMILES string of the molecule is CCCNC(c1ccc(OC)c(Cl)c1)C(F)(F)F. The molecular weight excluding hydrogens is 267 g/mol. The fourth-order valence-electron chi connectivity index (χ4n) is 1.57. The lowest BCUT2D eigenvalue weighted by atomic mass is 10.1. The molecule has 1 unspecified atom stereocenters. The lowest BCUT2D eigenvalue weighted by Crippen LogP contribution is -2.34. The highest BCUT2D eigenvalue weighted by Gasteiger charge is 2.40. The predicted molar refractivity (Wildman–Crippen MR) is 65.1 cm³/mol. The van der Waals surface area contributed by atoms with E-state index in [9.17, 15) is 13.2 Å². The highest BCUT2D eigenvalue weighted by molar-refractivity contribution is 6.32. The lowest BCUT2D eigenvalue weighted by molar-refractivity contribution is -0.157. The van der Waals surface area contributed by atoms with Gasteiger partial charge in [-0.15, -0.1) is 0 Å². The first kappa shape index (κ1) is 15.1. The van der Waals surface area contributed by atoms with Crippen molar-refractivity contribution >= 4 is 11.6 Å². The van der Waals surface area contributed by atoms with Crippen molar-refractivity contribution in [2.24, 2.45) is 0 Å². The molecule has 0 fully saturated rings. The highest BCUT2D eigenvalue weighted by Crippen LogP contribution is 2.35. The first-order valence-electron chi connectivity index (χ1n) is 5.53. The topological polar surface area (TPSA) is 21.3 Å². The summed E-state index contributed by atoms with van der Waals surface area (Å²) < 4.78 is 43.6. The molecule has 0 bridgehead atoms. The molecule has 1 rings (SSSR count). The molecule has 0 aromatic heterocycles. The molecule has 1 N–H and O–H groups in total. The second kappa shape index (κ2) is 6.29. The van der Waals surface area contributed by atoms with E-state index < -0.39 is 12.2 Å². The zero-order chi connectivity index (χ0) is 13.8. The predicted octanol–water partition coefficient (Wildman–Crippen LogP) is 3.95. The molecule has 0 aliphatic carbocycles. The van der Waals surface area contributed by atoms with Crippen LogP contribution >= 0.6 is 11.6 Å². The Balaban J connectivity index is 3.02. The van der Waals surface area contributed by atoms with E-state index in [0.717, 1.165) is 0 Å². The monoisotopic (exact) mass is 281 g/mol. The molecule has 2 nitrogen and oxygen atoms in total. The van der Waals surface area contributed by atoms with Gasteiger partial charge in [0.05, 0.1) is 12.1 Å². The van der Waals surface area contributed by atoms with Gasteiger partial charge < -0.3 is 10.1 Å². The van der Waals surface area contributed by atoms with E-state index in [2.05, 4.69) is 5.32 Å². The Morgan fingerprint density at radius 1 is 1.39 bits per heavy atom. The van der Waals surface area contributed by atoms with E-state index in [4.69, 9.17) is 16.3 Å². The van der Waals surface area contributed by atoms with Gasteiger partial charge in [-0.3, -0.25) is 0 Å². The number of halogens is 4. The van der Waals surface area contributed by atoms with Crippen LogP contribution in [0.3, 0.4) is 0 Å². The molecule has 0 heterocycles. The second-order valence-electron chi connectivity index (χ2n) is 3.82. The van der Waals surface area contributed by atoms with Crippen LogP contribution in [0, 0.1) is 0 Å². The van der Waals surface area contributed by atoms with E-state index in [-0.39, 0.29) is 17.1 Å². The zero-order valence-electron chi connectivity index (χ0n) is 10.1. The highest BCUT2D eigenvalue weighted by atomic mass is 35.5. The minimum atomic E-state index is -4.35. The van der Waals surface area contributed by atoms with Crippen molar-refractivity contribution in [3.8, 4) is 5.75 Å². The van der Waals surface area contributed by atoms with Gasteiger partial charge in [0, 0.05) is 0 Å². The number of alkyl halides is 3. The molecule has 1 aromatic rings. The van der Waals surface area contributed by atoms with E-state index in [1.807, 2.05) is 0 Å². The molecule has 1 atom stereocenters. The van der Waals surface area contributed by atoms with Crippen LogP contribution in [-0.4, -0.2) is 19.8 Å². The standard InChI is InChI=1S/C12H15ClF3NO/c1-3-6-17-11(12(14,15)16)8-4-5-10(18-2)9(13)7-8/h4-5,7,11,17H,3,6H2,1-2H3. The summed E-state index contributed by atoms with van der Waals surface area (Å²) in [5, 5.41) is 2.63. The Bertz CT molecular complexity index is 395. The number of nitrogens with one attached hydrogen (secondary N) is 1. The van der Waals surface area contributed by atoms with Crippen molar-refractivity contribution in [3.63, 3.8) is 0 Å². The van der Waals surface area contributed by atoms with Crippen LogP contribution in [-0.2, 0) is 0 Å². The van der Waals surface area contributed by atoms with Crippen molar-refractivity contribution in [2.45, 2.75) is 25.6 Å². The van der Waals surface area contributed by atoms with Crippen molar-refractivity contribution in [2.75, 3.05) is 13.7 Å². The molecule has 0 spiro atoms. The van der Waals surface area contributed by atoms with Crippen molar-refractivity contribution in [1.29, 1.82) is 0 Å². The fourth-order valence-corrected chi connectivity index (χ4v) is 1.84. The molecule has 102 valence electrons. The second-order valence-corrected chi connectivity index (χ2v) is 4.23. The van der Waals surface area contributed by atoms with Gasteiger partial charge in [-0.25, -0.2) is 0 Å². The normalized spacial score (nSPS) is 13.4. The molecule has 1 aromatic carbocycles. The van der Waals surface area contributed by atoms with E-state index in [0.29, 0.717) is 12.2 Å². The van der Waals surface area contributed by atoms with Crippen LogP contribution in [0.25, 0.3) is 0 Å². The summed E-state index contributed by atoms with van der Waals surface area (Å²) in [4.78, 5) is 0. The molecule has 18 heavy (non-hydrogen) atoms. The van der Waals surface area contributed by atoms with Crippen LogP contribution < -0.4 is 10.1 Å². The first-order chi connectivity index (χ1) is 8.40. The van der Waals surface area contributed by atoms with Crippen LogP contribution in [0.15, 0.2) is 18.2 Å². The van der Waals surface area contributed by atoms with Crippen LogP contribution in [0.5, 0.6) is 5.75 Å². The first-order valence-corrected chi connectivity index (χ1v) is 5.91. The Kier molecular flexibility index (Phi) is 5.28. The lowest BCUT2D eigenvalue weighted by Gasteiger charge is -2.22. The Morgan fingerprint density at radius 2 is 2.06 bits per heavy atom. The molecule has 0 amide bonds. The van der Waals surface area contributed by atoms with Gasteiger partial charge in [-0.05, 0) is 30.7 Å². The third-order valence-corrected chi connectivity index (χ3v) is 2.73. The maximum absolute atomic E-state index is 12.9. The summed E-state index contributed by atoms with van der Waals surface area (Å²) in [6, 6.07) is 2.37. The van der Waals surface area contributed by atoms with Crippen molar-refractivity contribution in [3.05, 3.63) is 28.8 Å². The van der Waals surface area contributed by atoms with Crippen LogP contribution in [0.4, 0.5) is 13.2 Å². The van der Waals surface area contributed by atoms with Gasteiger partial charge in [0.15, 0.2) is 0 Å². The number of benzene rings is 1. The summed E-state index contributed by atoms with van der Waals surface area (Å²) in [6.07, 6.45) is -3.73. The van der Waals surface area contributed by atoms with Gasteiger partial charge >= 0.3 is 6.18 Å². The average molecular weight is 282 g/mol. The van der Waals surface area contributed by atoms with Crippen molar-refractivity contribution in [1.82, 2.24) is 5.32 Å². The largest absolute Gasteiger partial charge is 0.495 e. The summed E-state index contributed by atoms with van der Waals surface area (Å²) in [6.45, 7) is 2.09. The van der Waals surface area contributed by atoms with Gasteiger partial charge in [0.1, 0.15) is 11.8 Å². The Labute approximate surface area is 109 Å². The number of ether oxygens (including phenoxy) is 1. The smallest absolute Gasteiger partial charge is 0.407 e. The quantitative estimate of drug-likeness (QED) is 0.882. The van der Waals surface area contributed by atoms with Crippen LogP contribution in [0.1, 0.15) is 24.9 Å². The summed E-state index contributed by atoms with van der Waals surface area (Å²) >= 11 is 5.84. The fraction of sp³-hybridized carbons (Fsp3) is 0.500. The van der Waals surface area contributed by atoms with Crippen molar-refractivity contribution < 1.29 is 17.9 Å². The summed E-state index contributed by atoms with van der Waals surface area (Å²) in [5.74, 6) is 0.358. The number of rotatable bonds is 5. The van der Waals surface area contributed by atoms with Gasteiger partial charge in [0.25, 0.3) is 0 Å². The van der Waals surface area contributed by atoms with Gasteiger partial charge in [-0.1, -0.05) is 24.6 Å². The maximum Gasteiger partial charge on any atom is 0.407 e. The molecule has 0 radical (unpaired) electrons. The third kappa shape index (κ3) is 3.78. The van der Waals surface area contributed by atoms with E-state index in [1.165, 1.54) is 25.3 Å². The Morgan fingerprint density at radius 3 is 2.50 bits per heavy atom. The van der Waals surface area contributed by atoms with E-state index in [1.54, 1.807) is 6.92 Å².